The molecule has 4 heterocycles. The molecule has 2 saturated heterocycles. The lowest BCUT2D eigenvalue weighted by atomic mass is 9.73. The highest BCUT2D eigenvalue weighted by molar-refractivity contribution is 5.94. The van der Waals surface area contributed by atoms with E-state index in [1.807, 2.05) is 17.0 Å². The van der Waals surface area contributed by atoms with E-state index in [4.69, 9.17) is 14.2 Å². The highest BCUT2D eigenvalue weighted by Gasteiger charge is 2.52. The van der Waals surface area contributed by atoms with Gasteiger partial charge in [0, 0.05) is 44.9 Å². The third-order valence-corrected chi connectivity index (χ3v) is 9.14. The smallest absolute Gasteiger partial charge is 0.338 e. The van der Waals surface area contributed by atoms with E-state index in [1.165, 1.54) is 6.08 Å². The van der Waals surface area contributed by atoms with Crippen LogP contribution in [0.3, 0.4) is 0 Å². The fourth-order valence-electron chi connectivity index (χ4n) is 7.37. The summed E-state index contributed by atoms with van der Waals surface area (Å²) in [6.45, 7) is 5.99. The van der Waals surface area contributed by atoms with Crippen molar-refractivity contribution in [2.24, 2.45) is 17.3 Å². The highest BCUT2D eigenvalue weighted by atomic mass is 16.5. The maximum Gasteiger partial charge on any atom is 0.338 e. The molecular weight excluding hydrogens is 460 g/mol. The second-order valence-electron chi connectivity index (χ2n) is 11.3. The number of amides is 1. The average Bonchev–Trinajstić information content (AvgIpc) is 3.45. The lowest BCUT2D eigenvalue weighted by Crippen LogP contribution is -2.43. The van der Waals surface area contributed by atoms with Crippen LogP contribution in [-0.2, 0) is 30.4 Å². The van der Waals surface area contributed by atoms with Crippen LogP contribution < -0.4 is 0 Å². The minimum Gasteiger partial charge on any atom is -0.457 e. The van der Waals surface area contributed by atoms with Gasteiger partial charge in [0.15, 0.2) is 0 Å². The summed E-state index contributed by atoms with van der Waals surface area (Å²) in [5, 5.41) is 0. The van der Waals surface area contributed by atoms with Crippen LogP contribution in [0.4, 0.5) is 0 Å². The molecule has 0 aromatic heterocycles. The predicted octanol–water partition coefficient (Wildman–Crippen LogP) is 3.13. The third kappa shape index (κ3) is 3.95. The highest BCUT2D eigenvalue weighted by Crippen LogP contribution is 2.50. The summed E-state index contributed by atoms with van der Waals surface area (Å²) < 4.78 is 16.3. The largest absolute Gasteiger partial charge is 0.457 e. The normalized spacial score (nSPS) is 30.8. The third-order valence-electron chi connectivity index (χ3n) is 9.14. The number of esters is 2. The summed E-state index contributed by atoms with van der Waals surface area (Å²) in [5.74, 6) is 0.518. The van der Waals surface area contributed by atoms with E-state index < -0.39 is 0 Å². The number of benzene rings is 1. The molecule has 192 valence electrons. The van der Waals surface area contributed by atoms with Gasteiger partial charge in [-0.15, -0.1) is 0 Å². The standard InChI is InChI=1S/C28H34N2O6/c1-17-21(5-6-22-23(17)16-36-26(22)32)24(34-2)14-29-12-18-3-4-19(13-29)11-28(10-18)7-8-30(27(28)33)20-9-25(31)35-15-20/h5-6,9,18-19,24H,3-4,7-8,10-16H2,1-2H3/t18?,19?,24-,28?/m0/s1. The van der Waals surface area contributed by atoms with Gasteiger partial charge in [-0.25, -0.2) is 9.59 Å². The van der Waals surface area contributed by atoms with Crippen molar-refractivity contribution in [2.45, 2.75) is 51.7 Å². The topological polar surface area (TPSA) is 85.4 Å². The molecule has 1 spiro atoms. The minimum atomic E-state index is -0.349. The molecule has 1 aliphatic carbocycles. The number of carbonyl (C=O) groups excluding carboxylic acids is 3. The van der Waals surface area contributed by atoms with E-state index in [0.29, 0.717) is 30.6 Å². The Labute approximate surface area is 211 Å². The zero-order valence-electron chi connectivity index (χ0n) is 21.1. The maximum absolute atomic E-state index is 13.7. The fraction of sp³-hybridized carbons (Fsp3) is 0.607. The van der Waals surface area contributed by atoms with Crippen LogP contribution in [-0.4, -0.2) is 67.5 Å². The molecule has 2 bridgehead atoms. The number of nitrogens with zero attached hydrogens (tertiary/aromatic N) is 2. The summed E-state index contributed by atoms with van der Waals surface area (Å²) >= 11 is 0. The SMILES string of the molecule is CO[C@@H](CN1CC2CCC(C1)CC1(CCN(C3=CC(=O)OC3)C1=O)C2)c1ccc2c(c1C)COC2=O. The van der Waals surface area contributed by atoms with Gasteiger partial charge in [-0.1, -0.05) is 6.07 Å². The van der Waals surface area contributed by atoms with Gasteiger partial charge in [0.2, 0.25) is 5.91 Å². The molecule has 0 N–H and O–H groups in total. The second kappa shape index (κ2) is 8.99. The number of hydrogen-bond acceptors (Lipinski definition) is 7. The number of ether oxygens (including phenoxy) is 3. The zero-order chi connectivity index (χ0) is 25.0. The molecule has 1 aromatic carbocycles. The Balaban J connectivity index is 1.17. The van der Waals surface area contributed by atoms with Crippen molar-refractivity contribution in [3.63, 3.8) is 0 Å². The Bertz CT molecular complexity index is 1130. The van der Waals surface area contributed by atoms with Crippen molar-refractivity contribution in [2.75, 3.05) is 39.9 Å². The van der Waals surface area contributed by atoms with Crippen LogP contribution in [0.15, 0.2) is 23.9 Å². The predicted molar refractivity (Wildman–Crippen MR) is 130 cm³/mol. The molecule has 1 saturated carbocycles. The molecule has 5 aliphatic rings. The van der Waals surface area contributed by atoms with Crippen molar-refractivity contribution in [3.8, 4) is 0 Å². The van der Waals surface area contributed by atoms with E-state index in [0.717, 1.165) is 74.1 Å². The van der Waals surface area contributed by atoms with Crippen LogP contribution in [0.25, 0.3) is 0 Å². The summed E-state index contributed by atoms with van der Waals surface area (Å²) in [7, 11) is 1.75. The van der Waals surface area contributed by atoms with Gasteiger partial charge >= 0.3 is 11.9 Å². The first-order valence-corrected chi connectivity index (χ1v) is 13.1. The molecule has 2 unspecified atom stereocenters. The Morgan fingerprint density at radius 2 is 1.83 bits per heavy atom. The summed E-state index contributed by atoms with van der Waals surface area (Å²) in [5.41, 5.74) is 4.25. The quantitative estimate of drug-likeness (QED) is 0.582. The van der Waals surface area contributed by atoms with Gasteiger partial charge < -0.3 is 19.1 Å². The van der Waals surface area contributed by atoms with Crippen molar-refractivity contribution in [1.29, 1.82) is 0 Å². The first-order valence-electron chi connectivity index (χ1n) is 13.1. The zero-order valence-corrected chi connectivity index (χ0v) is 21.1. The van der Waals surface area contributed by atoms with Crippen LogP contribution in [0.5, 0.6) is 0 Å². The Hall–Kier alpha value is -2.71. The Morgan fingerprint density at radius 3 is 2.50 bits per heavy atom. The average molecular weight is 495 g/mol. The summed E-state index contributed by atoms with van der Waals surface area (Å²) in [6.07, 6.45) is 6.36. The molecule has 4 aliphatic heterocycles. The minimum absolute atomic E-state index is 0.0887. The first kappa shape index (κ1) is 23.7. The van der Waals surface area contributed by atoms with Crippen molar-refractivity contribution < 1.29 is 28.6 Å². The monoisotopic (exact) mass is 494 g/mol. The molecule has 6 rings (SSSR count). The van der Waals surface area contributed by atoms with E-state index in [-0.39, 0.29) is 36.0 Å². The number of hydrogen-bond donors (Lipinski definition) is 0. The van der Waals surface area contributed by atoms with E-state index in [9.17, 15) is 14.4 Å². The van der Waals surface area contributed by atoms with Crippen LogP contribution >= 0.6 is 0 Å². The van der Waals surface area contributed by atoms with Gasteiger partial charge in [0.05, 0.1) is 22.8 Å². The fourth-order valence-corrected chi connectivity index (χ4v) is 7.37. The van der Waals surface area contributed by atoms with E-state index >= 15 is 0 Å². The second-order valence-corrected chi connectivity index (χ2v) is 11.3. The first-order chi connectivity index (χ1) is 17.4. The van der Waals surface area contributed by atoms with Crippen LogP contribution in [0, 0.1) is 24.2 Å². The molecule has 3 atom stereocenters. The van der Waals surface area contributed by atoms with Crippen LogP contribution in [0.1, 0.15) is 65.3 Å². The van der Waals surface area contributed by atoms with Gasteiger partial charge in [0.25, 0.3) is 0 Å². The van der Waals surface area contributed by atoms with Gasteiger partial charge in [0.1, 0.15) is 13.2 Å². The van der Waals surface area contributed by atoms with Crippen molar-refractivity contribution >= 4 is 17.8 Å². The van der Waals surface area contributed by atoms with Crippen LogP contribution in [0.2, 0.25) is 0 Å². The number of fused-ring (bicyclic) bond motifs is 4. The molecule has 8 nitrogen and oxygen atoms in total. The molecule has 0 radical (unpaired) electrons. The number of cyclic esters (lactones) is 2. The lowest BCUT2D eigenvalue weighted by Gasteiger charge is -2.38. The maximum atomic E-state index is 13.7. The Morgan fingerprint density at radius 1 is 1.08 bits per heavy atom. The van der Waals surface area contributed by atoms with Gasteiger partial charge in [-0.2, -0.15) is 0 Å². The summed E-state index contributed by atoms with van der Waals surface area (Å²) in [6, 6.07) is 3.89. The van der Waals surface area contributed by atoms with Gasteiger partial charge in [-0.05, 0) is 68.1 Å². The van der Waals surface area contributed by atoms with Gasteiger partial charge in [-0.3, -0.25) is 9.69 Å². The molecule has 1 amide bonds. The number of likely N-dealkylation sites (tertiary alicyclic amines) is 2. The van der Waals surface area contributed by atoms with E-state index in [2.05, 4.69) is 11.8 Å². The number of rotatable bonds is 5. The molecule has 36 heavy (non-hydrogen) atoms. The molecule has 8 heteroatoms. The van der Waals surface area contributed by atoms with Crippen molar-refractivity contribution in [3.05, 3.63) is 46.2 Å². The lowest BCUT2D eigenvalue weighted by molar-refractivity contribution is -0.138. The van der Waals surface area contributed by atoms with E-state index in [1.54, 1.807) is 7.11 Å². The Kier molecular flexibility index (Phi) is 5.91. The number of methoxy groups -OCH3 is 1. The number of carbonyl (C=O) groups is 3. The molecular formula is C28H34N2O6. The molecule has 1 aromatic rings. The summed E-state index contributed by atoms with van der Waals surface area (Å²) in [4.78, 5) is 41.5. The molecule has 3 fully saturated rings. The van der Waals surface area contributed by atoms with Crippen molar-refractivity contribution in [1.82, 2.24) is 9.80 Å².